The average molecular weight is 389 g/mol. The minimum atomic E-state index is 0.0996. The first-order valence-electron chi connectivity index (χ1n) is 8.13. The molecular formula is C19H21BrN2O2. The van der Waals surface area contributed by atoms with Gasteiger partial charge in [0.2, 0.25) is 0 Å². The number of nitrogens with one attached hydrogen (secondary N) is 1. The molecule has 1 saturated heterocycles. The summed E-state index contributed by atoms with van der Waals surface area (Å²) in [6, 6.07) is 15.0. The summed E-state index contributed by atoms with van der Waals surface area (Å²) in [7, 11) is 1.95. The Balaban J connectivity index is 1.63. The van der Waals surface area contributed by atoms with E-state index in [1.54, 1.807) is 0 Å². The predicted octanol–water partition coefficient (Wildman–Crippen LogP) is 3.92. The lowest BCUT2D eigenvalue weighted by Crippen LogP contribution is -2.30. The van der Waals surface area contributed by atoms with E-state index in [1.165, 1.54) is 0 Å². The zero-order valence-electron chi connectivity index (χ0n) is 13.7. The molecule has 1 aliphatic rings. The van der Waals surface area contributed by atoms with Gasteiger partial charge in [-0.05, 0) is 68.4 Å². The molecule has 0 aliphatic carbocycles. The molecule has 0 saturated carbocycles. The fourth-order valence-electron chi connectivity index (χ4n) is 2.99. The van der Waals surface area contributed by atoms with Gasteiger partial charge < -0.3 is 15.0 Å². The minimum Gasteiger partial charge on any atom is -0.457 e. The van der Waals surface area contributed by atoms with E-state index in [9.17, 15) is 4.79 Å². The summed E-state index contributed by atoms with van der Waals surface area (Å²) in [6.45, 7) is 2.63. The van der Waals surface area contributed by atoms with Gasteiger partial charge in [-0.1, -0.05) is 22.0 Å². The Kier molecular flexibility index (Phi) is 5.53. The second-order valence-corrected chi connectivity index (χ2v) is 6.96. The Morgan fingerprint density at radius 1 is 1.25 bits per heavy atom. The fraction of sp³-hybridized carbons (Fsp3) is 0.316. The summed E-state index contributed by atoms with van der Waals surface area (Å²) in [5.74, 6) is 2.14. The average Bonchev–Trinajstić information content (AvgIpc) is 3.04. The van der Waals surface area contributed by atoms with E-state index < -0.39 is 0 Å². The highest BCUT2D eigenvalue weighted by Crippen LogP contribution is 2.25. The predicted molar refractivity (Wildman–Crippen MR) is 98.6 cm³/mol. The molecule has 1 N–H and O–H groups in total. The third-order valence-corrected chi connectivity index (χ3v) is 4.69. The second-order valence-electron chi connectivity index (χ2n) is 6.05. The quantitative estimate of drug-likeness (QED) is 0.843. The largest absolute Gasteiger partial charge is 0.457 e. The Morgan fingerprint density at radius 2 is 2.04 bits per heavy atom. The van der Waals surface area contributed by atoms with E-state index in [1.807, 2.05) is 60.5 Å². The van der Waals surface area contributed by atoms with Crippen molar-refractivity contribution in [2.24, 2.45) is 5.92 Å². The number of benzene rings is 2. The van der Waals surface area contributed by atoms with E-state index in [0.717, 1.165) is 42.0 Å². The minimum absolute atomic E-state index is 0.0996. The van der Waals surface area contributed by atoms with Crippen molar-refractivity contribution in [1.82, 2.24) is 10.2 Å². The van der Waals surface area contributed by atoms with Gasteiger partial charge in [0.25, 0.3) is 5.91 Å². The van der Waals surface area contributed by atoms with Crippen molar-refractivity contribution >= 4 is 21.8 Å². The lowest BCUT2D eigenvalue weighted by atomic mass is 10.1. The first-order valence-corrected chi connectivity index (χ1v) is 8.92. The number of amides is 1. The highest BCUT2D eigenvalue weighted by atomic mass is 79.9. The zero-order chi connectivity index (χ0) is 16.9. The number of hydrogen-bond acceptors (Lipinski definition) is 3. The van der Waals surface area contributed by atoms with Gasteiger partial charge in [0, 0.05) is 23.1 Å². The first-order chi connectivity index (χ1) is 11.7. The molecule has 1 aliphatic heterocycles. The van der Waals surface area contributed by atoms with Crippen LogP contribution >= 0.6 is 15.9 Å². The maximum atomic E-state index is 12.6. The summed E-state index contributed by atoms with van der Waals surface area (Å²) < 4.78 is 6.77. The number of likely N-dealkylation sites (tertiary alicyclic amines) is 1. The highest BCUT2D eigenvalue weighted by molar-refractivity contribution is 9.10. The van der Waals surface area contributed by atoms with E-state index >= 15 is 0 Å². The number of carbonyl (C=O) groups excluding carboxylic acids is 1. The van der Waals surface area contributed by atoms with Crippen LogP contribution in [0.5, 0.6) is 11.5 Å². The van der Waals surface area contributed by atoms with E-state index in [-0.39, 0.29) is 5.91 Å². The van der Waals surface area contributed by atoms with Crippen molar-refractivity contribution < 1.29 is 9.53 Å². The van der Waals surface area contributed by atoms with Crippen molar-refractivity contribution in [3.05, 3.63) is 58.6 Å². The van der Waals surface area contributed by atoms with E-state index in [4.69, 9.17) is 4.74 Å². The summed E-state index contributed by atoms with van der Waals surface area (Å²) >= 11 is 3.43. The lowest BCUT2D eigenvalue weighted by Gasteiger charge is -2.17. The van der Waals surface area contributed by atoms with Crippen LogP contribution in [0.2, 0.25) is 0 Å². The summed E-state index contributed by atoms with van der Waals surface area (Å²) in [4.78, 5) is 14.5. The van der Waals surface area contributed by atoms with E-state index in [0.29, 0.717) is 11.5 Å². The van der Waals surface area contributed by atoms with Crippen molar-refractivity contribution in [2.75, 3.05) is 26.7 Å². The molecular weight excluding hydrogens is 368 g/mol. The van der Waals surface area contributed by atoms with Gasteiger partial charge in [0.1, 0.15) is 11.5 Å². The topological polar surface area (TPSA) is 41.6 Å². The SMILES string of the molecule is CNCC1CCN(C(=O)c2ccc(Oc3cccc(Br)c3)cc2)C1. The zero-order valence-corrected chi connectivity index (χ0v) is 15.3. The van der Waals surface area contributed by atoms with Crippen LogP contribution in [0.15, 0.2) is 53.0 Å². The van der Waals surface area contributed by atoms with Crippen molar-refractivity contribution in [2.45, 2.75) is 6.42 Å². The van der Waals surface area contributed by atoms with Crippen molar-refractivity contribution in [3.8, 4) is 11.5 Å². The maximum Gasteiger partial charge on any atom is 0.253 e. The third-order valence-electron chi connectivity index (χ3n) is 4.20. The molecule has 0 radical (unpaired) electrons. The maximum absolute atomic E-state index is 12.6. The molecule has 2 aromatic carbocycles. The highest BCUT2D eigenvalue weighted by Gasteiger charge is 2.26. The molecule has 0 spiro atoms. The molecule has 24 heavy (non-hydrogen) atoms. The molecule has 1 heterocycles. The molecule has 5 heteroatoms. The van der Waals surface area contributed by atoms with Crippen LogP contribution in [0.25, 0.3) is 0 Å². The molecule has 1 atom stereocenters. The van der Waals surface area contributed by atoms with Crippen molar-refractivity contribution in [3.63, 3.8) is 0 Å². The van der Waals surface area contributed by atoms with E-state index in [2.05, 4.69) is 21.2 Å². The standard InChI is InChI=1S/C19H21BrN2O2/c1-21-12-14-9-10-22(13-14)19(23)15-5-7-17(8-6-15)24-18-4-2-3-16(20)11-18/h2-8,11,14,21H,9-10,12-13H2,1H3. The monoisotopic (exact) mass is 388 g/mol. The van der Waals surface area contributed by atoms with Crippen LogP contribution in [-0.2, 0) is 0 Å². The van der Waals surface area contributed by atoms with Gasteiger partial charge in [-0.3, -0.25) is 4.79 Å². The van der Waals surface area contributed by atoms with Crippen LogP contribution in [-0.4, -0.2) is 37.5 Å². The summed E-state index contributed by atoms with van der Waals surface area (Å²) in [6.07, 6.45) is 1.07. The molecule has 1 amide bonds. The van der Waals surface area contributed by atoms with Gasteiger partial charge in [0.15, 0.2) is 0 Å². The number of nitrogens with zero attached hydrogens (tertiary/aromatic N) is 1. The lowest BCUT2D eigenvalue weighted by molar-refractivity contribution is 0.0787. The Hall–Kier alpha value is -1.85. The number of halogens is 1. The third kappa shape index (κ3) is 4.16. The van der Waals surface area contributed by atoms with Gasteiger partial charge in [0.05, 0.1) is 0 Å². The number of hydrogen-bond donors (Lipinski definition) is 1. The van der Waals surface area contributed by atoms with Crippen LogP contribution in [0.3, 0.4) is 0 Å². The van der Waals surface area contributed by atoms with Crippen molar-refractivity contribution in [1.29, 1.82) is 0 Å². The van der Waals surface area contributed by atoms with Crippen LogP contribution in [0.4, 0.5) is 0 Å². The molecule has 4 nitrogen and oxygen atoms in total. The number of ether oxygens (including phenoxy) is 1. The summed E-state index contributed by atoms with van der Waals surface area (Å²) in [5.41, 5.74) is 0.710. The Morgan fingerprint density at radius 3 is 2.75 bits per heavy atom. The van der Waals surface area contributed by atoms with Crippen LogP contribution in [0, 0.1) is 5.92 Å². The molecule has 126 valence electrons. The molecule has 3 rings (SSSR count). The van der Waals surface area contributed by atoms with Crippen LogP contribution < -0.4 is 10.1 Å². The van der Waals surface area contributed by atoms with Crippen LogP contribution in [0.1, 0.15) is 16.8 Å². The van der Waals surface area contributed by atoms with Gasteiger partial charge in [-0.2, -0.15) is 0 Å². The smallest absolute Gasteiger partial charge is 0.253 e. The summed E-state index contributed by atoms with van der Waals surface area (Å²) in [5, 5.41) is 3.19. The molecule has 0 aromatic heterocycles. The first kappa shape index (κ1) is 17.0. The molecule has 1 unspecified atom stereocenters. The number of rotatable bonds is 5. The fourth-order valence-corrected chi connectivity index (χ4v) is 3.37. The Labute approximate surface area is 150 Å². The normalized spacial score (nSPS) is 17.1. The molecule has 2 aromatic rings. The number of carbonyl (C=O) groups is 1. The van der Waals surface area contributed by atoms with Gasteiger partial charge in [-0.25, -0.2) is 0 Å². The second kappa shape index (κ2) is 7.81. The molecule has 0 bridgehead atoms. The Bertz CT molecular complexity index is 703. The van der Waals surface area contributed by atoms with Gasteiger partial charge in [-0.15, -0.1) is 0 Å². The van der Waals surface area contributed by atoms with Gasteiger partial charge >= 0.3 is 0 Å². The molecule has 1 fully saturated rings.